The quantitative estimate of drug-likeness (QED) is 0.162. The van der Waals surface area contributed by atoms with Gasteiger partial charge >= 0.3 is 0 Å². The van der Waals surface area contributed by atoms with Gasteiger partial charge in [-0.05, 0) is 94.8 Å². The molecule has 5 heteroatoms. The first-order chi connectivity index (χ1) is 25.0. The zero-order chi connectivity index (χ0) is 40.0. The van der Waals surface area contributed by atoms with E-state index in [-0.39, 0.29) is 46.4 Å². The van der Waals surface area contributed by atoms with Crippen LogP contribution in [0.4, 0.5) is 0 Å². The highest BCUT2D eigenvalue weighted by Crippen LogP contribution is 2.43. The number of ether oxygens (including phenoxy) is 2. The van der Waals surface area contributed by atoms with Crippen molar-refractivity contribution in [3.05, 3.63) is 115 Å². The number of fused-ring (bicyclic) bond motifs is 8. The predicted molar refractivity (Wildman–Crippen MR) is 223 cm³/mol. The molecule has 292 valence electrons. The van der Waals surface area contributed by atoms with Gasteiger partial charge in [0.1, 0.15) is 29.6 Å². The summed E-state index contributed by atoms with van der Waals surface area (Å²) in [4.78, 5) is 0. The Kier molecular flexibility index (Phi) is 11.7. The highest BCUT2D eigenvalue weighted by atomic mass is 16.5. The van der Waals surface area contributed by atoms with E-state index < -0.39 is 0 Å². The number of hydrogen-bond acceptors (Lipinski definition) is 5. The van der Waals surface area contributed by atoms with Gasteiger partial charge in [-0.3, -0.25) is 0 Å². The molecule has 8 bridgehead atoms. The van der Waals surface area contributed by atoms with E-state index in [4.69, 9.17) is 9.47 Å². The van der Waals surface area contributed by atoms with Crippen molar-refractivity contribution in [1.29, 1.82) is 0 Å². The van der Waals surface area contributed by atoms with Gasteiger partial charge in [0.25, 0.3) is 0 Å². The summed E-state index contributed by atoms with van der Waals surface area (Å²) in [5, 5.41) is 34.4. The van der Waals surface area contributed by atoms with E-state index in [0.717, 1.165) is 73.6 Å². The molecule has 3 N–H and O–H groups in total. The average molecular weight is 735 g/mol. The van der Waals surface area contributed by atoms with E-state index >= 15 is 0 Å². The standard InChI is InChI=1S/C49H66O5/c1-14-16-53-44-34-19-32-24-38(46(2,3)4)22-30(42(32)51)18-31-23-39(47(5,6)7)25-33(43(31)52)20-35-27-41(49(11,12)13)29-37(45(35)54-17-15-50)21-36(44)28-40(26-34)48(8,9)10/h22-29,50-52H,14-21H2,1-13H3. The monoisotopic (exact) mass is 734 g/mol. The highest BCUT2D eigenvalue weighted by Gasteiger charge is 2.28. The lowest BCUT2D eigenvalue weighted by Gasteiger charge is -2.28. The van der Waals surface area contributed by atoms with Crippen LogP contribution in [0.5, 0.6) is 23.0 Å². The molecule has 4 aromatic rings. The molecule has 4 aromatic carbocycles. The van der Waals surface area contributed by atoms with Gasteiger partial charge in [0.05, 0.1) is 13.2 Å². The molecular weight excluding hydrogens is 669 g/mol. The van der Waals surface area contributed by atoms with E-state index in [1.165, 1.54) is 11.1 Å². The molecule has 0 heterocycles. The predicted octanol–water partition coefficient (Wildman–Crippen LogP) is 11.1. The molecule has 0 atom stereocenters. The molecule has 0 radical (unpaired) electrons. The molecule has 5 rings (SSSR count). The normalized spacial score (nSPS) is 13.9. The summed E-state index contributed by atoms with van der Waals surface area (Å²) in [6, 6.07) is 17.6. The molecule has 0 aromatic heterocycles. The van der Waals surface area contributed by atoms with Crippen molar-refractivity contribution in [2.24, 2.45) is 0 Å². The van der Waals surface area contributed by atoms with E-state index in [1.54, 1.807) is 0 Å². The van der Waals surface area contributed by atoms with Gasteiger partial charge in [-0.2, -0.15) is 0 Å². The number of aliphatic hydroxyl groups is 1. The van der Waals surface area contributed by atoms with Crippen LogP contribution in [0.3, 0.4) is 0 Å². The molecule has 0 aliphatic heterocycles. The van der Waals surface area contributed by atoms with Crippen LogP contribution < -0.4 is 9.47 Å². The third-order valence-corrected chi connectivity index (χ3v) is 10.8. The lowest BCUT2D eigenvalue weighted by molar-refractivity contribution is 0.199. The van der Waals surface area contributed by atoms with Crippen LogP contribution in [0.25, 0.3) is 0 Å². The van der Waals surface area contributed by atoms with Gasteiger partial charge in [-0.15, -0.1) is 0 Å². The number of aromatic hydroxyl groups is 2. The van der Waals surface area contributed by atoms with Crippen LogP contribution >= 0.6 is 0 Å². The van der Waals surface area contributed by atoms with E-state index in [0.29, 0.717) is 32.3 Å². The Labute approximate surface area is 325 Å². The molecule has 1 aliphatic rings. The van der Waals surface area contributed by atoms with Gasteiger partial charge in [0, 0.05) is 25.7 Å². The number of phenols is 2. The Morgan fingerprint density at radius 3 is 0.926 bits per heavy atom. The lowest BCUT2D eigenvalue weighted by Crippen LogP contribution is -2.17. The molecule has 0 saturated carbocycles. The fourth-order valence-electron chi connectivity index (χ4n) is 7.37. The molecule has 5 nitrogen and oxygen atoms in total. The van der Waals surface area contributed by atoms with Crippen LogP contribution in [-0.2, 0) is 47.3 Å². The number of hydrogen-bond donors (Lipinski definition) is 3. The number of rotatable bonds is 6. The zero-order valence-corrected chi connectivity index (χ0v) is 35.4. The third kappa shape index (κ3) is 9.11. The van der Waals surface area contributed by atoms with Crippen molar-refractivity contribution in [3.63, 3.8) is 0 Å². The minimum absolute atomic E-state index is 0.110. The van der Waals surface area contributed by atoms with Crippen molar-refractivity contribution in [1.82, 2.24) is 0 Å². The average Bonchev–Trinajstić information content (AvgIpc) is 3.04. The van der Waals surface area contributed by atoms with Crippen LogP contribution in [0.15, 0.2) is 48.5 Å². The minimum atomic E-state index is -0.185. The second kappa shape index (κ2) is 15.3. The largest absolute Gasteiger partial charge is 0.507 e. The maximum atomic E-state index is 12.2. The molecule has 54 heavy (non-hydrogen) atoms. The first-order valence-electron chi connectivity index (χ1n) is 19.9. The molecule has 0 unspecified atom stereocenters. The molecule has 1 aliphatic carbocycles. The zero-order valence-electron chi connectivity index (χ0n) is 35.4. The topological polar surface area (TPSA) is 79.2 Å². The van der Waals surface area contributed by atoms with Crippen LogP contribution in [0.2, 0.25) is 0 Å². The fraction of sp³-hybridized carbons (Fsp3) is 0.510. The number of phenolic OH excluding ortho intramolecular Hbond substituents is 2. The van der Waals surface area contributed by atoms with E-state index in [9.17, 15) is 15.3 Å². The van der Waals surface area contributed by atoms with Gasteiger partial charge in [-0.1, -0.05) is 139 Å². The van der Waals surface area contributed by atoms with Crippen molar-refractivity contribution in [2.45, 2.75) is 144 Å². The Bertz CT molecular complexity index is 1850. The Morgan fingerprint density at radius 1 is 0.426 bits per heavy atom. The van der Waals surface area contributed by atoms with Gasteiger partial charge in [-0.25, -0.2) is 0 Å². The first kappa shape index (κ1) is 41.2. The fourth-order valence-corrected chi connectivity index (χ4v) is 7.37. The van der Waals surface area contributed by atoms with Gasteiger partial charge < -0.3 is 24.8 Å². The molecule has 0 spiro atoms. The van der Waals surface area contributed by atoms with Crippen LogP contribution in [-0.4, -0.2) is 35.1 Å². The summed E-state index contributed by atoms with van der Waals surface area (Å²) in [6.45, 7) is 29.4. The SMILES string of the molecule is CCCOc1c2cc(C(C)(C)C)cc1Cc1cc(C(C)(C)C)cc(c1OCCO)Cc1cc(C(C)(C)C)cc(c1O)Cc1cc(C(C)(C)C)cc(c1O)C2. The van der Waals surface area contributed by atoms with E-state index in [2.05, 4.69) is 139 Å². The van der Waals surface area contributed by atoms with Crippen molar-refractivity contribution < 1.29 is 24.8 Å². The van der Waals surface area contributed by atoms with Crippen molar-refractivity contribution in [3.8, 4) is 23.0 Å². The summed E-state index contributed by atoms with van der Waals surface area (Å²) in [7, 11) is 0. The maximum absolute atomic E-state index is 12.2. The minimum Gasteiger partial charge on any atom is -0.507 e. The van der Waals surface area contributed by atoms with Crippen molar-refractivity contribution in [2.75, 3.05) is 19.8 Å². The second-order valence-electron chi connectivity index (χ2n) is 19.7. The second-order valence-corrected chi connectivity index (χ2v) is 19.7. The highest BCUT2D eigenvalue weighted by molar-refractivity contribution is 5.59. The maximum Gasteiger partial charge on any atom is 0.126 e. The van der Waals surface area contributed by atoms with E-state index in [1.807, 2.05) is 0 Å². The molecule has 0 amide bonds. The lowest BCUT2D eigenvalue weighted by atomic mass is 9.79. The third-order valence-electron chi connectivity index (χ3n) is 10.8. The molecule has 0 fully saturated rings. The Morgan fingerprint density at radius 2 is 0.667 bits per heavy atom. The van der Waals surface area contributed by atoms with Gasteiger partial charge in [0.15, 0.2) is 0 Å². The summed E-state index contributed by atoms with van der Waals surface area (Å²) in [5.74, 6) is 2.10. The van der Waals surface area contributed by atoms with Gasteiger partial charge in [0.2, 0.25) is 0 Å². The van der Waals surface area contributed by atoms with Crippen molar-refractivity contribution >= 4 is 0 Å². The summed E-state index contributed by atoms with van der Waals surface area (Å²) >= 11 is 0. The number of benzene rings is 4. The Balaban J connectivity index is 1.95. The smallest absolute Gasteiger partial charge is 0.126 e. The van der Waals surface area contributed by atoms with Crippen LogP contribution in [0, 0.1) is 0 Å². The summed E-state index contributed by atoms with van der Waals surface area (Å²) < 4.78 is 13.2. The summed E-state index contributed by atoms with van der Waals surface area (Å²) in [5.41, 5.74) is 11.3. The summed E-state index contributed by atoms with van der Waals surface area (Å²) in [6.07, 6.45) is 2.71. The first-order valence-corrected chi connectivity index (χ1v) is 19.9. The molecular formula is C49H66O5. The van der Waals surface area contributed by atoms with Crippen LogP contribution in [0.1, 0.15) is 163 Å². The Hall–Kier alpha value is -3.96. The molecule has 0 saturated heterocycles. The number of aliphatic hydroxyl groups excluding tert-OH is 1.